The van der Waals surface area contributed by atoms with Gasteiger partial charge in [0.1, 0.15) is 17.9 Å². The lowest BCUT2D eigenvalue weighted by Crippen LogP contribution is -2.28. The van der Waals surface area contributed by atoms with Gasteiger partial charge in [-0.05, 0) is 56.5 Å². The number of hydrogen-bond donors (Lipinski definition) is 1. The van der Waals surface area contributed by atoms with Crippen LogP contribution in [0.2, 0.25) is 0 Å². The van der Waals surface area contributed by atoms with Gasteiger partial charge < -0.3 is 15.0 Å². The zero-order valence-electron chi connectivity index (χ0n) is 19.6. The molecule has 1 atom stereocenters. The van der Waals surface area contributed by atoms with Gasteiger partial charge in [-0.25, -0.2) is 15.0 Å². The number of alkyl halides is 3. The highest BCUT2D eigenvalue weighted by molar-refractivity contribution is 6.05. The number of ether oxygens (including phenoxy) is 1. The molecule has 3 heterocycles. The van der Waals surface area contributed by atoms with E-state index in [1.807, 2.05) is 13.8 Å². The minimum absolute atomic E-state index is 0.163. The highest BCUT2D eigenvalue weighted by atomic mass is 19.4. The number of nitrogens with one attached hydrogen (secondary N) is 1. The van der Waals surface area contributed by atoms with Gasteiger partial charge in [0.15, 0.2) is 0 Å². The van der Waals surface area contributed by atoms with E-state index in [9.17, 15) is 23.2 Å². The van der Waals surface area contributed by atoms with Gasteiger partial charge in [-0.1, -0.05) is 0 Å². The molecule has 0 radical (unpaired) electrons. The molecule has 36 heavy (non-hydrogen) atoms. The summed E-state index contributed by atoms with van der Waals surface area (Å²) in [4.78, 5) is 27.7. The van der Waals surface area contributed by atoms with Crippen molar-refractivity contribution >= 4 is 17.4 Å². The first-order valence-corrected chi connectivity index (χ1v) is 11.1. The molecule has 4 rings (SSSR count). The molecule has 0 saturated carbocycles. The molecule has 1 amide bonds. The van der Waals surface area contributed by atoms with Crippen LogP contribution >= 0.6 is 0 Å². The maximum absolute atomic E-state index is 12.9. The first-order valence-electron chi connectivity index (χ1n) is 11.1. The van der Waals surface area contributed by atoms with Crippen LogP contribution in [-0.4, -0.2) is 40.3 Å². The number of hydrogen-bond acceptors (Lipinski definition) is 7. The topological polar surface area (TPSA) is 104 Å². The summed E-state index contributed by atoms with van der Waals surface area (Å²) in [5, 5.41) is 12.2. The van der Waals surface area contributed by atoms with Gasteiger partial charge in [0.25, 0.3) is 5.91 Å². The summed E-state index contributed by atoms with van der Waals surface area (Å²) >= 11 is 0. The Bertz CT molecular complexity index is 1270. The zero-order chi connectivity index (χ0) is 25.9. The molecule has 3 aromatic rings. The number of anilines is 2. The second kappa shape index (κ2) is 9.81. The van der Waals surface area contributed by atoms with Crippen LogP contribution in [0.1, 0.15) is 30.6 Å². The van der Waals surface area contributed by atoms with Crippen LogP contribution in [0.4, 0.5) is 24.7 Å². The van der Waals surface area contributed by atoms with Crippen molar-refractivity contribution in [3.05, 3.63) is 60.8 Å². The lowest BCUT2D eigenvalue weighted by molar-refractivity contribution is -0.274. The molecule has 2 aromatic heterocycles. The third-order valence-electron chi connectivity index (χ3n) is 6.14. The summed E-state index contributed by atoms with van der Waals surface area (Å²) < 4.78 is 41.0. The van der Waals surface area contributed by atoms with Crippen molar-refractivity contribution in [1.29, 1.82) is 5.26 Å². The Balaban J connectivity index is 1.58. The summed E-state index contributed by atoms with van der Waals surface area (Å²) in [5.41, 5.74) is 1.40. The number of pyridine rings is 1. The van der Waals surface area contributed by atoms with Crippen molar-refractivity contribution in [2.75, 3.05) is 23.3 Å². The van der Waals surface area contributed by atoms with Crippen LogP contribution in [0.25, 0.3) is 11.1 Å². The van der Waals surface area contributed by atoms with Crippen LogP contribution in [0.15, 0.2) is 55.2 Å². The Hall–Kier alpha value is -4.20. The van der Waals surface area contributed by atoms with E-state index in [1.54, 1.807) is 18.5 Å². The van der Waals surface area contributed by atoms with Crippen molar-refractivity contribution in [3.8, 4) is 22.9 Å². The summed E-state index contributed by atoms with van der Waals surface area (Å²) in [6.45, 7) is 5.21. The number of benzene rings is 1. The number of carbonyl (C=O) groups is 1. The Labute approximate surface area is 205 Å². The molecule has 1 saturated heterocycles. The molecular weight excluding hydrogens is 473 g/mol. The predicted octanol–water partition coefficient (Wildman–Crippen LogP) is 5.07. The third kappa shape index (κ3) is 5.71. The fourth-order valence-electron chi connectivity index (χ4n) is 4.06. The summed E-state index contributed by atoms with van der Waals surface area (Å²) in [5.74, 6) is -0.0504. The smallest absolute Gasteiger partial charge is 0.406 e. The van der Waals surface area contributed by atoms with Crippen molar-refractivity contribution in [1.82, 2.24) is 15.0 Å². The van der Waals surface area contributed by atoms with E-state index in [0.29, 0.717) is 35.7 Å². The fraction of sp³-hybridized carbons (Fsp3) is 0.320. The Kier molecular flexibility index (Phi) is 6.79. The summed E-state index contributed by atoms with van der Waals surface area (Å²) in [6.07, 6.45) is 2.14. The fourth-order valence-corrected chi connectivity index (χ4v) is 4.06. The van der Waals surface area contributed by atoms with Gasteiger partial charge >= 0.3 is 6.36 Å². The molecule has 0 bridgehead atoms. The van der Waals surface area contributed by atoms with E-state index < -0.39 is 17.7 Å². The van der Waals surface area contributed by atoms with Gasteiger partial charge in [0, 0.05) is 48.5 Å². The zero-order valence-corrected chi connectivity index (χ0v) is 19.6. The second-order valence-electron chi connectivity index (χ2n) is 9.01. The predicted molar refractivity (Wildman–Crippen MR) is 126 cm³/mol. The average Bonchev–Trinajstić information content (AvgIpc) is 3.36. The van der Waals surface area contributed by atoms with Gasteiger partial charge in [-0.2, -0.15) is 5.26 Å². The van der Waals surface area contributed by atoms with E-state index in [1.165, 1.54) is 24.7 Å². The van der Waals surface area contributed by atoms with Crippen LogP contribution < -0.4 is 15.0 Å². The lowest BCUT2D eigenvalue weighted by atomic mass is 9.80. The summed E-state index contributed by atoms with van der Waals surface area (Å²) in [6, 6.07) is 8.92. The SMILES string of the molecule is CC(C)(C#N)C1CCN(c2ncc(C(=O)Nc3ccc(OC(F)(F)F)cc3)cc2-c2cncnc2)C1. The molecular formula is C25H23F3N6O2. The molecule has 1 aliphatic heterocycles. The molecule has 1 aromatic carbocycles. The van der Waals surface area contributed by atoms with E-state index in [4.69, 9.17) is 0 Å². The van der Waals surface area contributed by atoms with Crippen molar-refractivity contribution in [2.45, 2.75) is 26.6 Å². The standard InChI is InChI=1S/C25H23F3N6O2/c1-24(2,14-29)18-7-8-34(13-18)22-21(17-10-30-15-31-11-17)9-16(12-32-22)23(35)33-19-3-5-20(6-4-19)36-25(26,27)28/h3-6,9-12,15,18H,7-8,13H2,1-2H3,(H,33,35). The van der Waals surface area contributed by atoms with E-state index in [0.717, 1.165) is 18.6 Å². The van der Waals surface area contributed by atoms with E-state index >= 15 is 0 Å². The molecule has 186 valence electrons. The number of nitrogens with zero attached hydrogens (tertiary/aromatic N) is 5. The van der Waals surface area contributed by atoms with E-state index in [2.05, 4.69) is 36.0 Å². The Morgan fingerprint density at radius 2 is 1.86 bits per heavy atom. The van der Waals surface area contributed by atoms with Crippen molar-refractivity contribution in [3.63, 3.8) is 0 Å². The number of aromatic nitrogens is 3. The van der Waals surface area contributed by atoms with Gasteiger partial charge in [0.05, 0.1) is 17.0 Å². The molecule has 1 unspecified atom stereocenters. The molecule has 1 fully saturated rings. The maximum atomic E-state index is 12.9. The van der Waals surface area contributed by atoms with Gasteiger partial charge in [0.2, 0.25) is 0 Å². The monoisotopic (exact) mass is 496 g/mol. The molecule has 1 N–H and O–H groups in total. The van der Waals surface area contributed by atoms with Crippen LogP contribution in [0.3, 0.4) is 0 Å². The quantitative estimate of drug-likeness (QED) is 0.508. The number of halogens is 3. The summed E-state index contributed by atoms with van der Waals surface area (Å²) in [7, 11) is 0. The Morgan fingerprint density at radius 1 is 1.17 bits per heavy atom. The van der Waals surface area contributed by atoms with Gasteiger partial charge in [-0.15, -0.1) is 13.2 Å². The number of carbonyl (C=O) groups excluding carboxylic acids is 1. The third-order valence-corrected chi connectivity index (χ3v) is 6.14. The lowest BCUT2D eigenvalue weighted by Gasteiger charge is -2.25. The number of amides is 1. The van der Waals surface area contributed by atoms with Crippen molar-refractivity contribution < 1.29 is 22.7 Å². The minimum atomic E-state index is -4.80. The minimum Gasteiger partial charge on any atom is -0.406 e. The number of nitriles is 1. The first-order chi connectivity index (χ1) is 17.1. The highest BCUT2D eigenvalue weighted by Gasteiger charge is 2.36. The van der Waals surface area contributed by atoms with Crippen LogP contribution in [0.5, 0.6) is 5.75 Å². The largest absolute Gasteiger partial charge is 0.573 e. The molecule has 0 spiro atoms. The molecule has 11 heteroatoms. The highest BCUT2D eigenvalue weighted by Crippen LogP contribution is 2.38. The maximum Gasteiger partial charge on any atom is 0.573 e. The molecule has 8 nitrogen and oxygen atoms in total. The van der Waals surface area contributed by atoms with Crippen LogP contribution in [0, 0.1) is 22.7 Å². The second-order valence-corrected chi connectivity index (χ2v) is 9.01. The molecule has 1 aliphatic rings. The van der Waals surface area contributed by atoms with Crippen LogP contribution in [-0.2, 0) is 0 Å². The number of rotatable bonds is 6. The normalized spacial score (nSPS) is 15.9. The van der Waals surface area contributed by atoms with Gasteiger partial charge in [-0.3, -0.25) is 4.79 Å². The first kappa shape index (κ1) is 24.9. The van der Waals surface area contributed by atoms with Crippen molar-refractivity contribution in [2.24, 2.45) is 11.3 Å². The Morgan fingerprint density at radius 3 is 2.50 bits per heavy atom. The van der Waals surface area contributed by atoms with E-state index in [-0.39, 0.29) is 17.2 Å². The molecule has 0 aliphatic carbocycles. The average molecular weight is 496 g/mol.